The molecule has 0 rings (SSSR count). The zero-order valence-corrected chi connectivity index (χ0v) is 14.0. The molecule has 0 bridgehead atoms. The quantitative estimate of drug-likeness (QED) is 0.257. The van der Waals surface area contributed by atoms with Crippen molar-refractivity contribution in [3.63, 3.8) is 0 Å². The van der Waals surface area contributed by atoms with E-state index in [0.717, 1.165) is 25.5 Å². The lowest BCUT2D eigenvalue weighted by Gasteiger charge is -2.13. The van der Waals surface area contributed by atoms with Gasteiger partial charge in [-0.05, 0) is 6.42 Å². The van der Waals surface area contributed by atoms with Crippen LogP contribution in [0.5, 0.6) is 0 Å². The van der Waals surface area contributed by atoms with Gasteiger partial charge < -0.3 is 4.52 Å². The highest BCUT2D eigenvalue weighted by Gasteiger charge is 2.24. The summed E-state index contributed by atoms with van der Waals surface area (Å²) in [6.45, 7) is 2.52. The molecule has 114 valence electrons. The number of unbranched alkanes of at least 4 members (excludes halogenated alkanes) is 6. The van der Waals surface area contributed by atoms with Crippen LogP contribution in [0.2, 0.25) is 0 Å². The molecule has 4 nitrogen and oxygen atoms in total. The van der Waals surface area contributed by atoms with Crippen LogP contribution in [0.4, 0.5) is 0 Å². The number of hydrogen-bond donors (Lipinski definition) is 0. The van der Waals surface area contributed by atoms with Gasteiger partial charge in [0.2, 0.25) is 0 Å². The molecule has 0 spiro atoms. The summed E-state index contributed by atoms with van der Waals surface area (Å²) in [5.74, 6) is 0. The molecule has 0 amide bonds. The highest BCUT2D eigenvalue weighted by atomic mass is 35.5. The van der Waals surface area contributed by atoms with E-state index in [1.165, 1.54) is 32.8 Å². The van der Waals surface area contributed by atoms with E-state index in [1.807, 2.05) is 0 Å². The lowest BCUT2D eigenvalue weighted by molar-refractivity contribution is 0.162. The zero-order valence-electron chi connectivity index (χ0n) is 11.6. The van der Waals surface area contributed by atoms with Crippen LogP contribution in [0.15, 0.2) is 10.8 Å². The molecular formula is C12H23Cl2O4P. The molecular weight excluding hydrogens is 310 g/mol. The van der Waals surface area contributed by atoms with Gasteiger partial charge in [0.05, 0.1) is 6.61 Å². The van der Waals surface area contributed by atoms with Gasteiger partial charge in [0.25, 0.3) is 0 Å². The van der Waals surface area contributed by atoms with Gasteiger partial charge in [0.15, 0.2) is 0 Å². The van der Waals surface area contributed by atoms with Crippen LogP contribution in [0.1, 0.15) is 51.9 Å². The van der Waals surface area contributed by atoms with Crippen LogP contribution in [-0.2, 0) is 18.1 Å². The van der Waals surface area contributed by atoms with E-state index in [2.05, 4.69) is 6.92 Å². The van der Waals surface area contributed by atoms with Crippen LogP contribution in [0.25, 0.3) is 0 Å². The fourth-order valence-electron chi connectivity index (χ4n) is 1.47. The van der Waals surface area contributed by atoms with Crippen LogP contribution in [-0.4, -0.2) is 13.7 Å². The Morgan fingerprint density at radius 2 is 1.68 bits per heavy atom. The summed E-state index contributed by atoms with van der Waals surface area (Å²) in [4.78, 5) is 0. The number of rotatable bonds is 12. The maximum atomic E-state index is 11.8. The van der Waals surface area contributed by atoms with Gasteiger partial charge in [-0.3, -0.25) is 9.05 Å². The molecule has 0 aromatic carbocycles. The minimum absolute atomic E-state index is 0.142. The third kappa shape index (κ3) is 11.8. The van der Waals surface area contributed by atoms with Gasteiger partial charge in [-0.1, -0.05) is 68.7 Å². The normalized spacial score (nSPS) is 13.9. The first-order chi connectivity index (χ1) is 9.04. The first-order valence-corrected chi connectivity index (χ1v) is 8.75. The zero-order chi connectivity index (χ0) is 14.6. The average molecular weight is 333 g/mol. The van der Waals surface area contributed by atoms with Gasteiger partial charge in [-0.2, -0.15) is 0 Å². The summed E-state index contributed by atoms with van der Waals surface area (Å²) in [5.41, 5.74) is 0. The fraction of sp³-hybridized carbons (Fsp3) is 0.833. The Bertz CT molecular complexity index is 293. The van der Waals surface area contributed by atoms with Gasteiger partial charge in [-0.15, -0.1) is 0 Å². The molecule has 0 aliphatic carbocycles. The Morgan fingerprint density at radius 3 is 2.21 bits per heavy atom. The number of halogens is 2. The minimum Gasteiger partial charge on any atom is -0.409 e. The molecule has 0 N–H and O–H groups in total. The van der Waals surface area contributed by atoms with E-state index in [-0.39, 0.29) is 4.49 Å². The lowest BCUT2D eigenvalue weighted by atomic mass is 10.1. The number of phosphoric ester groups is 1. The molecule has 0 aromatic heterocycles. The Hall–Kier alpha value is 0.270. The smallest absolute Gasteiger partial charge is 0.409 e. The van der Waals surface area contributed by atoms with E-state index in [0.29, 0.717) is 6.61 Å². The summed E-state index contributed by atoms with van der Waals surface area (Å²) >= 11 is 10.7. The third-order valence-corrected chi connectivity index (χ3v) is 3.98. The average Bonchev–Trinajstić information content (AvgIpc) is 2.39. The monoisotopic (exact) mass is 332 g/mol. The summed E-state index contributed by atoms with van der Waals surface area (Å²) in [6.07, 6.45) is 9.00. The maximum Gasteiger partial charge on any atom is 0.529 e. The number of phosphoric acid groups is 1. The van der Waals surface area contributed by atoms with Crippen molar-refractivity contribution in [2.24, 2.45) is 0 Å². The Balaban J connectivity index is 3.66. The Labute approximate surface area is 126 Å². The van der Waals surface area contributed by atoms with Gasteiger partial charge in [-0.25, -0.2) is 4.57 Å². The number of hydrogen-bond acceptors (Lipinski definition) is 4. The van der Waals surface area contributed by atoms with Crippen molar-refractivity contribution in [1.29, 1.82) is 0 Å². The topological polar surface area (TPSA) is 44.8 Å². The van der Waals surface area contributed by atoms with Crippen LogP contribution in [0, 0.1) is 0 Å². The van der Waals surface area contributed by atoms with Gasteiger partial charge in [0, 0.05) is 7.11 Å². The summed E-state index contributed by atoms with van der Waals surface area (Å²) in [7, 11) is -2.31. The van der Waals surface area contributed by atoms with Crippen molar-refractivity contribution >= 4 is 31.0 Å². The summed E-state index contributed by atoms with van der Waals surface area (Å²) in [6, 6.07) is 0. The van der Waals surface area contributed by atoms with Crippen molar-refractivity contribution in [3.05, 3.63) is 10.8 Å². The maximum absolute atomic E-state index is 11.8. The van der Waals surface area contributed by atoms with Crippen LogP contribution in [0.3, 0.4) is 0 Å². The standard InChI is InChI=1S/C12H23Cl2O4P/c1-3-4-5-6-7-8-9-10-17-19(15,16-2)18-11-12(13)14/h11H,3-10H2,1-2H3. The molecule has 7 heteroatoms. The van der Waals surface area contributed by atoms with Crippen LogP contribution >= 0.6 is 31.0 Å². The largest absolute Gasteiger partial charge is 0.529 e. The minimum atomic E-state index is -3.57. The van der Waals surface area contributed by atoms with Crippen molar-refractivity contribution < 1.29 is 18.1 Å². The Kier molecular flexibility index (Phi) is 12.2. The van der Waals surface area contributed by atoms with E-state index >= 15 is 0 Å². The van der Waals surface area contributed by atoms with E-state index in [1.54, 1.807) is 0 Å². The summed E-state index contributed by atoms with van der Waals surface area (Å²) < 4.78 is 26.3. The predicted octanol–water partition coefficient (Wildman–Crippen LogP) is 5.80. The second-order valence-electron chi connectivity index (χ2n) is 4.10. The van der Waals surface area contributed by atoms with E-state index in [9.17, 15) is 4.57 Å². The highest BCUT2D eigenvalue weighted by Crippen LogP contribution is 2.49. The predicted molar refractivity (Wildman–Crippen MR) is 79.4 cm³/mol. The fourth-order valence-corrected chi connectivity index (χ4v) is 2.52. The molecule has 0 saturated carbocycles. The first kappa shape index (κ1) is 19.3. The third-order valence-electron chi connectivity index (χ3n) is 2.49. The molecule has 0 saturated heterocycles. The molecule has 0 aliphatic heterocycles. The highest BCUT2D eigenvalue weighted by molar-refractivity contribution is 7.48. The van der Waals surface area contributed by atoms with Crippen molar-refractivity contribution in [2.45, 2.75) is 51.9 Å². The van der Waals surface area contributed by atoms with Crippen LogP contribution < -0.4 is 0 Å². The molecule has 0 heterocycles. The molecule has 0 fully saturated rings. The van der Waals surface area contributed by atoms with Crippen molar-refractivity contribution in [1.82, 2.24) is 0 Å². The second-order valence-corrected chi connectivity index (χ2v) is 6.83. The molecule has 0 radical (unpaired) electrons. The lowest BCUT2D eigenvalue weighted by Crippen LogP contribution is -1.97. The van der Waals surface area contributed by atoms with E-state index in [4.69, 9.17) is 36.8 Å². The Morgan fingerprint density at radius 1 is 1.11 bits per heavy atom. The molecule has 0 aromatic rings. The van der Waals surface area contributed by atoms with E-state index < -0.39 is 7.82 Å². The summed E-state index contributed by atoms with van der Waals surface area (Å²) in [5, 5.41) is 0. The second kappa shape index (κ2) is 12.0. The molecule has 19 heavy (non-hydrogen) atoms. The van der Waals surface area contributed by atoms with Gasteiger partial charge in [0.1, 0.15) is 10.8 Å². The molecule has 1 unspecified atom stereocenters. The molecule has 1 atom stereocenters. The first-order valence-electron chi connectivity index (χ1n) is 6.54. The SMILES string of the molecule is CCCCCCCCCOP(=O)(OC)OC=C(Cl)Cl. The van der Waals surface area contributed by atoms with Crippen molar-refractivity contribution in [2.75, 3.05) is 13.7 Å². The molecule has 0 aliphatic rings. The van der Waals surface area contributed by atoms with Gasteiger partial charge >= 0.3 is 7.82 Å². The van der Waals surface area contributed by atoms with Crippen molar-refractivity contribution in [3.8, 4) is 0 Å².